The average Bonchev–Trinajstić information content (AvgIpc) is 2.63. The Balaban J connectivity index is 1.65. The van der Waals surface area contributed by atoms with Crippen molar-refractivity contribution < 1.29 is 9.72 Å². The molecule has 0 radical (unpaired) electrons. The molecule has 0 aliphatic heterocycles. The number of carbonyl (C=O) groups excluding carboxylic acids is 1. The van der Waals surface area contributed by atoms with Crippen LogP contribution in [0.2, 0.25) is 0 Å². The van der Waals surface area contributed by atoms with Crippen molar-refractivity contribution in [1.29, 1.82) is 0 Å². The van der Waals surface area contributed by atoms with Crippen LogP contribution in [-0.2, 0) is 0 Å². The minimum absolute atomic E-state index is 0.0584. The van der Waals surface area contributed by atoms with Crippen LogP contribution in [0.4, 0.5) is 22.9 Å². The van der Waals surface area contributed by atoms with Gasteiger partial charge in [0.2, 0.25) is 0 Å². The van der Waals surface area contributed by atoms with Gasteiger partial charge >= 0.3 is 0 Å². The number of benzene rings is 2. The summed E-state index contributed by atoms with van der Waals surface area (Å²) in [7, 11) is 0. The third kappa shape index (κ3) is 4.18. The number of nitro groups is 1. The van der Waals surface area contributed by atoms with Crippen molar-refractivity contribution in [2.75, 3.05) is 10.6 Å². The van der Waals surface area contributed by atoms with Gasteiger partial charge < -0.3 is 10.6 Å². The number of aryl methyl sites for hydroxylation is 1. The van der Waals surface area contributed by atoms with Crippen molar-refractivity contribution in [3.63, 3.8) is 0 Å². The lowest BCUT2D eigenvalue weighted by Crippen LogP contribution is -2.11. The molecule has 0 spiro atoms. The van der Waals surface area contributed by atoms with Crippen LogP contribution in [0.3, 0.4) is 0 Å². The number of carbonyl (C=O) groups is 1. The summed E-state index contributed by atoms with van der Waals surface area (Å²) >= 11 is 0. The first-order valence-corrected chi connectivity index (χ1v) is 7.73. The van der Waals surface area contributed by atoms with E-state index in [4.69, 9.17) is 0 Å². The van der Waals surface area contributed by atoms with Gasteiger partial charge in [0.25, 0.3) is 11.6 Å². The number of anilines is 3. The van der Waals surface area contributed by atoms with Gasteiger partial charge in [-0.2, -0.15) is 0 Å². The molecule has 2 aromatic carbocycles. The zero-order valence-electron chi connectivity index (χ0n) is 13.8. The van der Waals surface area contributed by atoms with Gasteiger partial charge in [0, 0.05) is 40.8 Å². The van der Waals surface area contributed by atoms with Gasteiger partial charge in [0.15, 0.2) is 0 Å². The highest BCUT2D eigenvalue weighted by Crippen LogP contribution is 2.19. The first kappa shape index (κ1) is 17.0. The minimum Gasteiger partial charge on any atom is -0.340 e. The third-order valence-corrected chi connectivity index (χ3v) is 3.56. The molecule has 0 aliphatic carbocycles. The molecular formula is C18H15N5O3. The summed E-state index contributed by atoms with van der Waals surface area (Å²) in [5, 5.41) is 16.5. The number of hydrogen-bond donors (Lipinski definition) is 2. The molecule has 0 atom stereocenters. The van der Waals surface area contributed by atoms with Gasteiger partial charge in [0.05, 0.1) is 4.92 Å². The summed E-state index contributed by atoms with van der Waals surface area (Å²) < 4.78 is 0. The lowest BCUT2D eigenvalue weighted by Gasteiger charge is -2.08. The number of nitro benzene ring substituents is 1. The second-order valence-corrected chi connectivity index (χ2v) is 5.51. The molecule has 0 unspecified atom stereocenters. The van der Waals surface area contributed by atoms with E-state index < -0.39 is 4.92 Å². The van der Waals surface area contributed by atoms with E-state index in [0.29, 0.717) is 17.1 Å². The van der Waals surface area contributed by atoms with E-state index in [0.717, 1.165) is 11.4 Å². The molecule has 3 aromatic rings. The minimum atomic E-state index is -0.507. The van der Waals surface area contributed by atoms with Gasteiger partial charge in [-0.3, -0.25) is 14.9 Å². The molecule has 0 fully saturated rings. The lowest BCUT2D eigenvalue weighted by molar-refractivity contribution is -0.384. The first-order chi connectivity index (χ1) is 12.5. The zero-order chi connectivity index (χ0) is 18.5. The predicted octanol–water partition coefficient (Wildman–Crippen LogP) is 3.69. The smallest absolute Gasteiger partial charge is 0.269 e. The van der Waals surface area contributed by atoms with Crippen molar-refractivity contribution in [1.82, 2.24) is 9.97 Å². The Bertz CT molecular complexity index is 940. The van der Waals surface area contributed by atoms with Gasteiger partial charge in [-0.25, -0.2) is 9.97 Å². The van der Waals surface area contributed by atoms with E-state index in [2.05, 4.69) is 20.6 Å². The Labute approximate surface area is 149 Å². The molecule has 0 bridgehead atoms. The maximum atomic E-state index is 12.2. The first-order valence-electron chi connectivity index (χ1n) is 7.73. The van der Waals surface area contributed by atoms with Gasteiger partial charge in [-0.05, 0) is 43.3 Å². The summed E-state index contributed by atoms with van der Waals surface area (Å²) in [5.41, 5.74) is 2.56. The van der Waals surface area contributed by atoms with Crippen molar-refractivity contribution in [3.8, 4) is 0 Å². The SMILES string of the molecule is Cc1cc(Nc2ccc(NC(=O)c3ccc([N+](=O)[O-])cc3)cc2)ncn1. The Morgan fingerprint density at radius 1 is 1.00 bits per heavy atom. The summed E-state index contributed by atoms with van der Waals surface area (Å²) in [5.74, 6) is 0.340. The summed E-state index contributed by atoms with van der Waals surface area (Å²) in [6.45, 7) is 1.88. The molecule has 0 saturated heterocycles. The summed E-state index contributed by atoms with van der Waals surface area (Å²) in [4.78, 5) is 30.5. The largest absolute Gasteiger partial charge is 0.340 e. The number of non-ortho nitro benzene ring substituents is 1. The highest BCUT2D eigenvalue weighted by Gasteiger charge is 2.09. The summed E-state index contributed by atoms with van der Waals surface area (Å²) in [6, 6.07) is 14.4. The molecule has 1 heterocycles. The molecule has 3 rings (SSSR count). The third-order valence-electron chi connectivity index (χ3n) is 3.56. The van der Waals surface area contributed by atoms with Crippen LogP contribution in [0.5, 0.6) is 0 Å². The van der Waals surface area contributed by atoms with E-state index in [-0.39, 0.29) is 11.6 Å². The van der Waals surface area contributed by atoms with E-state index in [9.17, 15) is 14.9 Å². The second-order valence-electron chi connectivity index (χ2n) is 5.51. The van der Waals surface area contributed by atoms with Crippen LogP contribution in [0.25, 0.3) is 0 Å². The van der Waals surface area contributed by atoms with Gasteiger partial charge in [0.1, 0.15) is 12.1 Å². The maximum Gasteiger partial charge on any atom is 0.269 e. The fourth-order valence-electron chi connectivity index (χ4n) is 2.25. The van der Waals surface area contributed by atoms with E-state index in [1.54, 1.807) is 12.1 Å². The number of hydrogen-bond acceptors (Lipinski definition) is 6. The zero-order valence-corrected chi connectivity index (χ0v) is 13.8. The molecular weight excluding hydrogens is 334 g/mol. The van der Waals surface area contributed by atoms with Crippen LogP contribution in [0, 0.1) is 17.0 Å². The highest BCUT2D eigenvalue weighted by molar-refractivity contribution is 6.04. The topological polar surface area (TPSA) is 110 Å². The molecule has 0 aliphatic rings. The van der Waals surface area contributed by atoms with E-state index >= 15 is 0 Å². The molecule has 1 amide bonds. The van der Waals surface area contributed by atoms with Crippen molar-refractivity contribution in [2.24, 2.45) is 0 Å². The Morgan fingerprint density at radius 3 is 2.27 bits per heavy atom. The van der Waals surface area contributed by atoms with Crippen LogP contribution >= 0.6 is 0 Å². The van der Waals surface area contributed by atoms with E-state index in [1.165, 1.54) is 30.6 Å². The summed E-state index contributed by atoms with van der Waals surface area (Å²) in [6.07, 6.45) is 1.48. The molecule has 2 N–H and O–H groups in total. The van der Waals surface area contributed by atoms with Crippen molar-refractivity contribution in [2.45, 2.75) is 6.92 Å². The quantitative estimate of drug-likeness (QED) is 0.537. The number of aromatic nitrogens is 2. The second kappa shape index (κ2) is 7.39. The predicted molar refractivity (Wildman–Crippen MR) is 97.5 cm³/mol. The maximum absolute atomic E-state index is 12.2. The molecule has 0 saturated carbocycles. The van der Waals surface area contributed by atoms with Crippen molar-refractivity contribution in [3.05, 3.63) is 82.3 Å². The molecule has 1 aromatic heterocycles. The molecule has 8 heteroatoms. The average molecular weight is 349 g/mol. The highest BCUT2D eigenvalue weighted by atomic mass is 16.6. The normalized spacial score (nSPS) is 10.2. The number of nitrogens with one attached hydrogen (secondary N) is 2. The Kier molecular flexibility index (Phi) is 4.84. The van der Waals surface area contributed by atoms with Crippen LogP contribution in [0.1, 0.15) is 16.1 Å². The molecule has 130 valence electrons. The lowest BCUT2D eigenvalue weighted by atomic mass is 10.2. The fourth-order valence-corrected chi connectivity index (χ4v) is 2.25. The number of nitrogens with zero attached hydrogens (tertiary/aromatic N) is 3. The molecule has 26 heavy (non-hydrogen) atoms. The van der Waals surface area contributed by atoms with Crippen LogP contribution in [-0.4, -0.2) is 20.8 Å². The standard InChI is InChI=1S/C18H15N5O3/c1-12-10-17(20-11-19-12)21-14-4-6-15(7-5-14)22-18(24)13-2-8-16(9-3-13)23(25)26/h2-11H,1H3,(H,22,24)(H,19,20,21). The van der Waals surface area contributed by atoms with Gasteiger partial charge in [-0.15, -0.1) is 0 Å². The fraction of sp³-hybridized carbons (Fsp3) is 0.0556. The Morgan fingerprint density at radius 2 is 1.65 bits per heavy atom. The van der Waals surface area contributed by atoms with E-state index in [1.807, 2.05) is 25.1 Å². The molecule has 8 nitrogen and oxygen atoms in total. The number of rotatable bonds is 5. The van der Waals surface area contributed by atoms with Crippen LogP contribution in [0.15, 0.2) is 60.9 Å². The Hall–Kier alpha value is -3.81. The monoisotopic (exact) mass is 349 g/mol. The van der Waals surface area contributed by atoms with Crippen molar-refractivity contribution >= 4 is 28.8 Å². The van der Waals surface area contributed by atoms with Crippen LogP contribution < -0.4 is 10.6 Å². The van der Waals surface area contributed by atoms with Gasteiger partial charge in [-0.1, -0.05) is 0 Å². The number of amides is 1.